The molecule has 1 aliphatic rings. The van der Waals surface area contributed by atoms with E-state index >= 15 is 0 Å². The van der Waals surface area contributed by atoms with Gasteiger partial charge in [0.15, 0.2) is 5.82 Å². The Labute approximate surface area is 182 Å². The largest absolute Gasteiger partial charge is 0.497 e. The summed E-state index contributed by atoms with van der Waals surface area (Å²) in [5.74, 6) is 2.45. The maximum absolute atomic E-state index is 5.39. The first kappa shape index (κ1) is 20.8. The molecule has 1 atom stereocenters. The smallest absolute Gasteiger partial charge is 0.168 e. The molecule has 0 unspecified atom stereocenters. The molecule has 8 heteroatoms. The summed E-state index contributed by atoms with van der Waals surface area (Å²) >= 11 is 1.75. The number of thiophene rings is 1. The van der Waals surface area contributed by atoms with Crippen LogP contribution < -0.4 is 9.64 Å². The Morgan fingerprint density at radius 3 is 2.63 bits per heavy atom. The van der Waals surface area contributed by atoms with Gasteiger partial charge in [0.05, 0.1) is 19.7 Å². The first-order valence-corrected chi connectivity index (χ1v) is 11.4. The van der Waals surface area contributed by atoms with Crippen LogP contribution in [0, 0.1) is 5.92 Å². The molecule has 160 valence electrons. The summed E-state index contributed by atoms with van der Waals surface area (Å²) in [4.78, 5) is 6.25. The summed E-state index contributed by atoms with van der Waals surface area (Å²) in [6.07, 6.45) is 1.05. The molecule has 30 heavy (non-hydrogen) atoms. The van der Waals surface area contributed by atoms with Crippen LogP contribution in [0.15, 0.2) is 41.8 Å². The molecular weight excluding hydrogens is 396 g/mol. The summed E-state index contributed by atoms with van der Waals surface area (Å²) in [6, 6.07) is 12.8. The minimum Gasteiger partial charge on any atom is -0.497 e. The highest BCUT2D eigenvalue weighted by Crippen LogP contribution is 2.29. The predicted octanol–water partition coefficient (Wildman–Crippen LogP) is 3.70. The second-order valence-electron chi connectivity index (χ2n) is 8.14. The summed E-state index contributed by atoms with van der Waals surface area (Å²) in [6.45, 7) is 9.21. The van der Waals surface area contributed by atoms with Crippen LogP contribution in [0.3, 0.4) is 0 Å². The van der Waals surface area contributed by atoms with Crippen molar-refractivity contribution in [1.29, 1.82) is 0 Å². The number of piperazine rings is 1. The maximum atomic E-state index is 5.39. The van der Waals surface area contributed by atoms with Gasteiger partial charge in [-0.3, -0.25) is 4.90 Å². The zero-order valence-electron chi connectivity index (χ0n) is 17.9. The number of ether oxygens (including phenoxy) is 1. The monoisotopic (exact) mass is 426 g/mol. The molecule has 7 nitrogen and oxygen atoms in total. The fourth-order valence-electron chi connectivity index (χ4n) is 4.08. The lowest BCUT2D eigenvalue weighted by atomic mass is 10.0. The van der Waals surface area contributed by atoms with Gasteiger partial charge in [0.25, 0.3) is 0 Å². The molecule has 0 N–H and O–H groups in total. The van der Waals surface area contributed by atoms with E-state index in [1.807, 2.05) is 10.7 Å². The zero-order valence-corrected chi connectivity index (χ0v) is 18.8. The Morgan fingerprint density at radius 2 is 1.93 bits per heavy atom. The Hall–Kier alpha value is -2.45. The lowest BCUT2D eigenvalue weighted by molar-refractivity contribution is 0.153. The van der Waals surface area contributed by atoms with Crippen LogP contribution in [0.5, 0.6) is 5.75 Å². The SMILES string of the molecule is COc1cccc(N2CCN([C@@H](CC(C)C)c3nnnn3Cc3cccs3)CC2)c1. The van der Waals surface area contributed by atoms with E-state index in [9.17, 15) is 0 Å². The van der Waals surface area contributed by atoms with E-state index in [1.165, 1.54) is 10.6 Å². The third-order valence-electron chi connectivity index (χ3n) is 5.61. The standard InChI is InChI=1S/C22H30N6OS/c1-17(2)14-21(22-23-24-25-28(22)16-20-8-5-13-30-20)27-11-9-26(10-12-27)18-6-4-7-19(15-18)29-3/h4-8,13,15,17,21H,9-12,14,16H2,1-3H3/t21-/m0/s1. The van der Waals surface area contributed by atoms with E-state index in [4.69, 9.17) is 4.74 Å². The summed E-state index contributed by atoms with van der Waals surface area (Å²) in [5.41, 5.74) is 1.22. The topological polar surface area (TPSA) is 59.3 Å². The highest BCUT2D eigenvalue weighted by atomic mass is 32.1. The lowest BCUT2D eigenvalue weighted by Crippen LogP contribution is -2.48. The predicted molar refractivity (Wildman–Crippen MR) is 120 cm³/mol. The number of benzene rings is 1. The molecular formula is C22H30N6OS. The third kappa shape index (κ3) is 4.82. The number of tetrazole rings is 1. The fourth-order valence-corrected chi connectivity index (χ4v) is 4.76. The van der Waals surface area contributed by atoms with Crippen molar-refractivity contribution < 1.29 is 4.74 Å². The molecule has 0 amide bonds. The molecule has 0 saturated carbocycles. The van der Waals surface area contributed by atoms with Crippen LogP contribution in [0.1, 0.15) is 37.0 Å². The van der Waals surface area contributed by atoms with Crippen molar-refractivity contribution in [2.24, 2.45) is 5.92 Å². The quantitative estimate of drug-likeness (QED) is 0.547. The lowest BCUT2D eigenvalue weighted by Gasteiger charge is -2.40. The molecule has 4 rings (SSSR count). The maximum Gasteiger partial charge on any atom is 0.168 e. The number of aromatic nitrogens is 4. The Morgan fingerprint density at radius 1 is 1.10 bits per heavy atom. The van der Waals surface area contributed by atoms with Crippen LogP contribution in [-0.2, 0) is 6.54 Å². The van der Waals surface area contributed by atoms with Crippen molar-refractivity contribution in [2.75, 3.05) is 38.2 Å². The van der Waals surface area contributed by atoms with E-state index < -0.39 is 0 Å². The van der Waals surface area contributed by atoms with Crippen LogP contribution in [0.4, 0.5) is 5.69 Å². The van der Waals surface area contributed by atoms with Gasteiger partial charge in [-0.1, -0.05) is 26.0 Å². The summed E-state index contributed by atoms with van der Waals surface area (Å²) < 4.78 is 7.37. The fraction of sp³-hybridized carbons (Fsp3) is 0.500. The van der Waals surface area contributed by atoms with Crippen LogP contribution in [0.2, 0.25) is 0 Å². The number of hydrogen-bond donors (Lipinski definition) is 0. The van der Waals surface area contributed by atoms with Gasteiger partial charge < -0.3 is 9.64 Å². The molecule has 1 aliphatic heterocycles. The Bertz CT molecular complexity index is 917. The number of hydrogen-bond acceptors (Lipinski definition) is 7. The number of anilines is 1. The van der Waals surface area contributed by atoms with Crippen molar-refractivity contribution in [3.63, 3.8) is 0 Å². The van der Waals surface area contributed by atoms with Crippen LogP contribution in [-0.4, -0.2) is 58.4 Å². The normalized spacial score (nSPS) is 16.2. The third-order valence-corrected chi connectivity index (χ3v) is 6.47. The van der Waals surface area contributed by atoms with Crippen molar-refractivity contribution in [3.8, 4) is 5.75 Å². The zero-order chi connectivity index (χ0) is 20.9. The van der Waals surface area contributed by atoms with Crippen LogP contribution in [0.25, 0.3) is 0 Å². The van der Waals surface area contributed by atoms with Gasteiger partial charge >= 0.3 is 0 Å². The average Bonchev–Trinajstić information content (AvgIpc) is 3.45. The van der Waals surface area contributed by atoms with Gasteiger partial charge in [-0.15, -0.1) is 16.4 Å². The van der Waals surface area contributed by atoms with Crippen molar-refractivity contribution >= 4 is 17.0 Å². The van der Waals surface area contributed by atoms with E-state index in [0.717, 1.165) is 50.7 Å². The second-order valence-corrected chi connectivity index (χ2v) is 9.18. The van der Waals surface area contributed by atoms with E-state index in [1.54, 1.807) is 18.4 Å². The molecule has 2 aromatic heterocycles. The molecule has 1 saturated heterocycles. The molecule has 1 fully saturated rings. The average molecular weight is 427 g/mol. The van der Waals surface area contributed by atoms with E-state index in [2.05, 4.69) is 74.9 Å². The first-order chi connectivity index (χ1) is 14.6. The van der Waals surface area contributed by atoms with Gasteiger partial charge in [-0.05, 0) is 46.3 Å². The van der Waals surface area contributed by atoms with Crippen molar-refractivity contribution in [3.05, 3.63) is 52.5 Å². The highest BCUT2D eigenvalue weighted by molar-refractivity contribution is 7.09. The van der Waals surface area contributed by atoms with Gasteiger partial charge in [-0.25, -0.2) is 4.68 Å². The Balaban J connectivity index is 1.48. The summed E-state index contributed by atoms with van der Waals surface area (Å²) in [5, 5.41) is 14.9. The van der Waals surface area contributed by atoms with Crippen LogP contribution >= 0.6 is 11.3 Å². The van der Waals surface area contributed by atoms with Crippen molar-refractivity contribution in [1.82, 2.24) is 25.1 Å². The second kappa shape index (κ2) is 9.57. The highest BCUT2D eigenvalue weighted by Gasteiger charge is 2.30. The molecule has 1 aromatic carbocycles. The molecule has 3 aromatic rings. The number of methoxy groups -OCH3 is 1. The minimum atomic E-state index is 0.229. The Kier molecular flexibility index (Phi) is 6.64. The van der Waals surface area contributed by atoms with Gasteiger partial charge in [0, 0.05) is 42.8 Å². The van der Waals surface area contributed by atoms with Gasteiger partial charge in [-0.2, -0.15) is 0 Å². The minimum absolute atomic E-state index is 0.229. The molecule has 3 heterocycles. The number of rotatable bonds is 8. The molecule has 0 aliphatic carbocycles. The molecule has 0 spiro atoms. The first-order valence-electron chi connectivity index (χ1n) is 10.6. The van der Waals surface area contributed by atoms with Crippen molar-refractivity contribution in [2.45, 2.75) is 32.9 Å². The molecule has 0 radical (unpaired) electrons. The van der Waals surface area contributed by atoms with E-state index in [-0.39, 0.29) is 6.04 Å². The summed E-state index contributed by atoms with van der Waals surface area (Å²) in [7, 11) is 1.72. The number of nitrogens with zero attached hydrogens (tertiary/aromatic N) is 6. The van der Waals surface area contributed by atoms with Gasteiger partial charge in [0.1, 0.15) is 5.75 Å². The van der Waals surface area contributed by atoms with E-state index in [0.29, 0.717) is 5.92 Å². The van der Waals surface area contributed by atoms with Gasteiger partial charge in [0.2, 0.25) is 0 Å². The molecule has 0 bridgehead atoms.